The lowest BCUT2D eigenvalue weighted by molar-refractivity contribution is 0.0605. The number of ether oxygens (including phenoxy) is 1. The van der Waals surface area contributed by atoms with Gasteiger partial charge in [0, 0.05) is 52.6 Å². The summed E-state index contributed by atoms with van der Waals surface area (Å²) in [7, 11) is 5.54. The number of nitrogens with one attached hydrogen (secondary N) is 1. The van der Waals surface area contributed by atoms with Crippen LogP contribution >= 0.6 is 0 Å². The van der Waals surface area contributed by atoms with Crippen LogP contribution in [0.2, 0.25) is 0 Å². The van der Waals surface area contributed by atoms with Gasteiger partial charge >= 0.3 is 0 Å². The second kappa shape index (κ2) is 7.49. The lowest BCUT2D eigenvalue weighted by Gasteiger charge is -2.35. The summed E-state index contributed by atoms with van der Waals surface area (Å²) in [5, 5.41) is 2.98. The quantitative estimate of drug-likeness (QED) is 0.891. The van der Waals surface area contributed by atoms with Crippen LogP contribution in [0.1, 0.15) is 36.0 Å². The van der Waals surface area contributed by atoms with Gasteiger partial charge in [-0.2, -0.15) is 0 Å². The molecule has 24 heavy (non-hydrogen) atoms. The van der Waals surface area contributed by atoms with Gasteiger partial charge < -0.3 is 15.0 Å². The summed E-state index contributed by atoms with van der Waals surface area (Å²) >= 11 is 0. The van der Waals surface area contributed by atoms with Gasteiger partial charge in [-0.25, -0.2) is 4.98 Å². The summed E-state index contributed by atoms with van der Waals surface area (Å²) in [6, 6.07) is 4.41. The zero-order chi connectivity index (χ0) is 17.1. The van der Waals surface area contributed by atoms with Gasteiger partial charge in [-0.1, -0.05) is 0 Å². The molecule has 1 amide bonds. The van der Waals surface area contributed by atoms with Gasteiger partial charge in [0.1, 0.15) is 5.82 Å². The lowest BCUT2D eigenvalue weighted by atomic mass is 10.1. The summed E-state index contributed by atoms with van der Waals surface area (Å²) in [5.74, 6) is 0.833. The number of carbonyl (C=O) groups is 1. The molecule has 1 saturated heterocycles. The van der Waals surface area contributed by atoms with Gasteiger partial charge in [0.05, 0.1) is 11.7 Å². The average Bonchev–Trinajstić information content (AvgIpc) is 3.29. The predicted octanol–water partition coefficient (Wildman–Crippen LogP) is 1.84. The van der Waals surface area contributed by atoms with E-state index in [1.807, 2.05) is 31.1 Å². The molecule has 2 fully saturated rings. The smallest absolute Gasteiger partial charge is 0.255 e. The Balaban J connectivity index is 1.68. The Bertz CT molecular complexity index is 563. The normalized spacial score (nSPS) is 27.4. The molecule has 1 saturated carbocycles. The van der Waals surface area contributed by atoms with Gasteiger partial charge in [-0.15, -0.1) is 0 Å². The highest BCUT2D eigenvalue weighted by Gasteiger charge is 2.39. The van der Waals surface area contributed by atoms with Crippen molar-refractivity contribution in [2.45, 2.75) is 43.9 Å². The van der Waals surface area contributed by atoms with Crippen molar-refractivity contribution in [1.29, 1.82) is 0 Å². The molecule has 1 aromatic heterocycles. The third-order valence-corrected chi connectivity index (χ3v) is 5.51. The van der Waals surface area contributed by atoms with Crippen molar-refractivity contribution < 1.29 is 9.53 Å². The molecule has 0 radical (unpaired) electrons. The van der Waals surface area contributed by atoms with Gasteiger partial charge in [-0.05, 0) is 37.8 Å². The molecule has 6 heteroatoms. The highest BCUT2D eigenvalue weighted by Crippen LogP contribution is 2.31. The summed E-state index contributed by atoms with van der Waals surface area (Å²) in [6.07, 6.45) is 6.50. The molecule has 0 bridgehead atoms. The van der Waals surface area contributed by atoms with Crippen LogP contribution in [0.3, 0.4) is 0 Å². The largest absolute Gasteiger partial charge is 0.380 e. The monoisotopic (exact) mass is 332 g/mol. The number of likely N-dealkylation sites (tertiary alicyclic amines) is 1. The van der Waals surface area contributed by atoms with Crippen LogP contribution in [0.4, 0.5) is 5.82 Å². The van der Waals surface area contributed by atoms with Crippen molar-refractivity contribution in [3.63, 3.8) is 0 Å². The van der Waals surface area contributed by atoms with E-state index in [0.29, 0.717) is 17.7 Å². The van der Waals surface area contributed by atoms with E-state index in [2.05, 4.69) is 15.2 Å². The molecular formula is C18H28N4O2. The van der Waals surface area contributed by atoms with E-state index < -0.39 is 0 Å². The number of hydrogen-bond donors (Lipinski definition) is 1. The molecular weight excluding hydrogens is 304 g/mol. The van der Waals surface area contributed by atoms with Crippen molar-refractivity contribution in [1.82, 2.24) is 14.8 Å². The summed E-state index contributed by atoms with van der Waals surface area (Å²) < 4.78 is 5.50. The second-order valence-corrected chi connectivity index (χ2v) is 6.81. The van der Waals surface area contributed by atoms with Crippen molar-refractivity contribution >= 4 is 11.7 Å². The highest BCUT2D eigenvalue weighted by molar-refractivity contribution is 5.94. The number of anilines is 1. The zero-order valence-corrected chi connectivity index (χ0v) is 14.9. The first-order valence-electron chi connectivity index (χ1n) is 8.82. The third kappa shape index (κ3) is 3.39. The first kappa shape index (κ1) is 17.2. The second-order valence-electron chi connectivity index (χ2n) is 6.81. The fourth-order valence-corrected chi connectivity index (χ4v) is 4.07. The maximum atomic E-state index is 12.8. The first-order valence-corrected chi connectivity index (χ1v) is 8.82. The Kier molecular flexibility index (Phi) is 5.36. The van der Waals surface area contributed by atoms with Crippen LogP contribution in [0.5, 0.6) is 0 Å². The molecule has 1 aliphatic heterocycles. The summed E-state index contributed by atoms with van der Waals surface area (Å²) in [5.41, 5.74) is 0.651. The SMILES string of the molecule is CNc1ccc(C(=O)N(C)[C@@H]2CCC[C@@H]2N2CCC(OC)C2)cn1. The molecule has 1 aromatic rings. The number of rotatable bonds is 5. The minimum absolute atomic E-state index is 0.0598. The minimum Gasteiger partial charge on any atom is -0.380 e. The maximum Gasteiger partial charge on any atom is 0.255 e. The molecule has 3 atom stereocenters. The number of aromatic nitrogens is 1. The van der Waals surface area contributed by atoms with Crippen molar-refractivity contribution in [2.24, 2.45) is 0 Å². The van der Waals surface area contributed by atoms with Crippen LogP contribution < -0.4 is 5.32 Å². The molecule has 3 rings (SSSR count). The topological polar surface area (TPSA) is 57.7 Å². The Hall–Kier alpha value is -1.66. The van der Waals surface area contributed by atoms with Gasteiger partial charge in [0.15, 0.2) is 0 Å². The van der Waals surface area contributed by atoms with Crippen molar-refractivity contribution in [3.05, 3.63) is 23.9 Å². The number of carbonyl (C=O) groups excluding carboxylic acids is 1. The van der Waals surface area contributed by atoms with Gasteiger partial charge in [0.2, 0.25) is 0 Å². The maximum absolute atomic E-state index is 12.8. The first-order chi connectivity index (χ1) is 11.6. The fraction of sp³-hybridized carbons (Fsp3) is 0.667. The summed E-state index contributed by atoms with van der Waals surface area (Å²) in [4.78, 5) is 21.5. The molecule has 6 nitrogen and oxygen atoms in total. The molecule has 2 heterocycles. The molecule has 2 aliphatic rings. The van der Waals surface area contributed by atoms with E-state index in [9.17, 15) is 4.79 Å². The number of amides is 1. The standard InChI is InChI=1S/C18H28N4O2/c1-19-17-8-7-13(11-20-17)18(23)21(2)15-5-4-6-16(15)22-10-9-14(12-22)24-3/h7-8,11,14-16H,4-6,9-10,12H2,1-3H3,(H,19,20)/t14?,15-,16+/m1/s1. The fourth-order valence-electron chi connectivity index (χ4n) is 4.07. The number of hydrogen-bond acceptors (Lipinski definition) is 5. The van der Waals surface area contributed by atoms with Crippen LogP contribution in [0.15, 0.2) is 18.3 Å². The third-order valence-electron chi connectivity index (χ3n) is 5.51. The molecule has 132 valence electrons. The van der Waals surface area contributed by atoms with E-state index in [1.54, 1.807) is 13.3 Å². The van der Waals surface area contributed by atoms with Gasteiger partial charge in [0.25, 0.3) is 5.91 Å². The Morgan fingerprint density at radius 3 is 2.83 bits per heavy atom. The van der Waals surface area contributed by atoms with Crippen molar-refractivity contribution in [3.8, 4) is 0 Å². The van der Waals surface area contributed by atoms with E-state index in [0.717, 1.165) is 38.2 Å². The van der Waals surface area contributed by atoms with Crippen molar-refractivity contribution in [2.75, 3.05) is 39.6 Å². The lowest BCUT2D eigenvalue weighted by Crippen LogP contribution is -2.49. The number of pyridine rings is 1. The molecule has 0 spiro atoms. The molecule has 1 N–H and O–H groups in total. The van der Waals surface area contributed by atoms with Crippen LogP contribution in [-0.2, 0) is 4.74 Å². The predicted molar refractivity (Wildman–Crippen MR) is 94.3 cm³/mol. The molecule has 1 aliphatic carbocycles. The highest BCUT2D eigenvalue weighted by atomic mass is 16.5. The van der Waals surface area contributed by atoms with Crippen LogP contribution in [0.25, 0.3) is 0 Å². The minimum atomic E-state index is 0.0598. The molecule has 0 aromatic carbocycles. The van der Waals surface area contributed by atoms with E-state index in [-0.39, 0.29) is 11.9 Å². The van der Waals surface area contributed by atoms with Gasteiger partial charge in [-0.3, -0.25) is 9.69 Å². The van der Waals surface area contributed by atoms with E-state index in [4.69, 9.17) is 4.74 Å². The Morgan fingerprint density at radius 1 is 1.38 bits per heavy atom. The molecule has 1 unspecified atom stereocenters. The van der Waals surface area contributed by atoms with E-state index in [1.165, 1.54) is 6.42 Å². The number of nitrogens with zero attached hydrogens (tertiary/aromatic N) is 3. The van der Waals surface area contributed by atoms with E-state index >= 15 is 0 Å². The zero-order valence-electron chi connectivity index (χ0n) is 14.9. The number of likely N-dealkylation sites (N-methyl/N-ethyl adjacent to an activating group) is 1. The Morgan fingerprint density at radius 2 is 2.21 bits per heavy atom. The van der Waals surface area contributed by atoms with Crippen LogP contribution in [-0.4, -0.2) is 73.2 Å². The summed E-state index contributed by atoms with van der Waals surface area (Å²) in [6.45, 7) is 2.05. The number of methoxy groups -OCH3 is 1. The van der Waals surface area contributed by atoms with Crippen LogP contribution in [0, 0.1) is 0 Å². The Labute approximate surface area is 144 Å². The average molecular weight is 332 g/mol.